The molecule has 0 saturated carbocycles. The zero-order valence-electron chi connectivity index (χ0n) is 11.9. The molecular weight excluding hydrogens is 242 g/mol. The Morgan fingerprint density at radius 1 is 1.26 bits per heavy atom. The lowest BCUT2D eigenvalue weighted by molar-refractivity contribution is -0.137. The molecule has 0 atom stereocenters. The lowest BCUT2D eigenvalue weighted by Crippen LogP contribution is -2.43. The Kier molecular flexibility index (Phi) is 4.70. The van der Waals surface area contributed by atoms with Gasteiger partial charge in [-0.2, -0.15) is 0 Å². The van der Waals surface area contributed by atoms with Gasteiger partial charge in [0, 0.05) is 17.5 Å². The molecule has 19 heavy (non-hydrogen) atoms. The van der Waals surface area contributed by atoms with E-state index in [0.29, 0.717) is 12.0 Å². The lowest BCUT2D eigenvalue weighted by Gasteiger charge is -2.26. The molecule has 4 heteroatoms. The molecule has 1 amide bonds. The van der Waals surface area contributed by atoms with Crippen molar-refractivity contribution in [2.45, 2.75) is 46.1 Å². The second-order valence-corrected chi connectivity index (χ2v) is 5.55. The first kappa shape index (κ1) is 15.2. The fourth-order valence-corrected chi connectivity index (χ4v) is 1.92. The van der Waals surface area contributed by atoms with Gasteiger partial charge in [-0.15, -0.1) is 0 Å². The average Bonchev–Trinajstić information content (AvgIpc) is 2.25. The molecule has 0 unspecified atom stereocenters. The minimum atomic E-state index is -0.853. The molecule has 1 rings (SSSR count). The summed E-state index contributed by atoms with van der Waals surface area (Å²) in [5.41, 5.74) is 2.13. The number of benzene rings is 1. The predicted octanol–water partition coefficient (Wildman–Crippen LogP) is 2.68. The third-order valence-corrected chi connectivity index (χ3v) is 3.04. The molecule has 104 valence electrons. The maximum Gasteiger partial charge on any atom is 0.303 e. The monoisotopic (exact) mass is 263 g/mol. The normalized spacial score (nSPS) is 11.2. The summed E-state index contributed by atoms with van der Waals surface area (Å²) in [5, 5.41) is 11.6. The van der Waals surface area contributed by atoms with E-state index < -0.39 is 11.5 Å². The quantitative estimate of drug-likeness (QED) is 0.858. The number of carboxylic acids is 1. The van der Waals surface area contributed by atoms with E-state index in [1.54, 1.807) is 6.07 Å². The Balaban J connectivity index is 2.75. The van der Waals surface area contributed by atoms with Crippen molar-refractivity contribution in [2.75, 3.05) is 0 Å². The van der Waals surface area contributed by atoms with E-state index >= 15 is 0 Å². The second-order valence-electron chi connectivity index (χ2n) is 5.55. The first-order chi connectivity index (χ1) is 8.71. The molecule has 0 radical (unpaired) electrons. The van der Waals surface area contributed by atoms with Crippen LogP contribution in [0, 0.1) is 13.8 Å². The first-order valence-electron chi connectivity index (χ1n) is 6.33. The molecule has 0 aromatic heterocycles. The van der Waals surface area contributed by atoms with E-state index in [1.165, 1.54) is 0 Å². The van der Waals surface area contributed by atoms with Gasteiger partial charge in [0.25, 0.3) is 5.91 Å². The summed E-state index contributed by atoms with van der Waals surface area (Å²) in [4.78, 5) is 22.8. The molecule has 0 aliphatic heterocycles. The largest absolute Gasteiger partial charge is 0.481 e. The number of carbonyl (C=O) groups is 2. The van der Waals surface area contributed by atoms with Crippen molar-refractivity contribution in [1.29, 1.82) is 0 Å². The van der Waals surface area contributed by atoms with Gasteiger partial charge in [-0.25, -0.2) is 0 Å². The van der Waals surface area contributed by atoms with Gasteiger partial charge in [-0.1, -0.05) is 17.7 Å². The summed E-state index contributed by atoms with van der Waals surface area (Å²) in [5.74, 6) is -1.01. The van der Waals surface area contributed by atoms with Gasteiger partial charge in [-0.3, -0.25) is 9.59 Å². The van der Waals surface area contributed by atoms with Crippen LogP contribution in [0.1, 0.15) is 48.2 Å². The molecule has 0 fully saturated rings. The highest BCUT2D eigenvalue weighted by molar-refractivity contribution is 5.96. The van der Waals surface area contributed by atoms with Crippen LogP contribution in [0.4, 0.5) is 0 Å². The molecule has 0 saturated heterocycles. The van der Waals surface area contributed by atoms with Gasteiger partial charge in [-0.05, 0) is 45.7 Å². The van der Waals surface area contributed by atoms with Crippen molar-refractivity contribution in [2.24, 2.45) is 0 Å². The van der Waals surface area contributed by atoms with Crippen LogP contribution < -0.4 is 5.32 Å². The summed E-state index contributed by atoms with van der Waals surface area (Å²) in [6, 6.07) is 5.65. The number of carbonyl (C=O) groups excluding carboxylic acids is 1. The van der Waals surface area contributed by atoms with Crippen LogP contribution >= 0.6 is 0 Å². The fraction of sp³-hybridized carbons (Fsp3) is 0.467. The number of aliphatic carboxylic acids is 1. The Morgan fingerprint density at radius 3 is 2.42 bits per heavy atom. The van der Waals surface area contributed by atoms with Gasteiger partial charge in [0.15, 0.2) is 0 Å². The highest BCUT2D eigenvalue weighted by atomic mass is 16.4. The number of hydrogen-bond acceptors (Lipinski definition) is 2. The van der Waals surface area contributed by atoms with Crippen LogP contribution in [0.15, 0.2) is 18.2 Å². The van der Waals surface area contributed by atoms with Gasteiger partial charge in [0.1, 0.15) is 0 Å². The smallest absolute Gasteiger partial charge is 0.303 e. The molecule has 0 aliphatic rings. The first-order valence-corrected chi connectivity index (χ1v) is 6.33. The maximum absolute atomic E-state index is 12.2. The standard InChI is InChI=1S/C15H21NO3/c1-10-5-6-12(11(2)9-10)14(19)16-15(3,4)8-7-13(17)18/h5-6,9H,7-8H2,1-4H3,(H,16,19)(H,17,18). The Bertz CT molecular complexity index is 492. The lowest BCUT2D eigenvalue weighted by atomic mass is 9.97. The molecule has 1 aromatic rings. The molecule has 0 aliphatic carbocycles. The molecule has 0 spiro atoms. The second kappa shape index (κ2) is 5.87. The van der Waals surface area contributed by atoms with Crippen LogP contribution in [-0.4, -0.2) is 22.5 Å². The number of amides is 1. The number of aryl methyl sites for hydroxylation is 2. The molecular formula is C15H21NO3. The van der Waals surface area contributed by atoms with Crippen molar-refractivity contribution in [3.63, 3.8) is 0 Å². The van der Waals surface area contributed by atoms with Crippen LogP contribution in [0.3, 0.4) is 0 Å². The van der Waals surface area contributed by atoms with Gasteiger partial charge < -0.3 is 10.4 Å². The van der Waals surface area contributed by atoms with Gasteiger partial charge in [0.2, 0.25) is 0 Å². The van der Waals surface area contributed by atoms with Crippen molar-refractivity contribution in [3.05, 3.63) is 34.9 Å². The molecule has 0 heterocycles. The van der Waals surface area contributed by atoms with Crippen molar-refractivity contribution in [1.82, 2.24) is 5.32 Å². The number of carboxylic acid groups (broad SMARTS) is 1. The van der Waals surface area contributed by atoms with Crippen LogP contribution in [-0.2, 0) is 4.79 Å². The summed E-state index contributed by atoms with van der Waals surface area (Å²) >= 11 is 0. The highest BCUT2D eigenvalue weighted by Gasteiger charge is 2.22. The predicted molar refractivity (Wildman–Crippen MR) is 74.3 cm³/mol. The van der Waals surface area contributed by atoms with E-state index in [9.17, 15) is 9.59 Å². The molecule has 1 aromatic carbocycles. The maximum atomic E-state index is 12.2. The topological polar surface area (TPSA) is 66.4 Å². The van der Waals surface area contributed by atoms with E-state index in [-0.39, 0.29) is 12.3 Å². The Hall–Kier alpha value is -1.84. The molecule has 0 bridgehead atoms. The van der Waals surface area contributed by atoms with Crippen LogP contribution in [0.5, 0.6) is 0 Å². The molecule has 2 N–H and O–H groups in total. The Labute approximate surface area is 113 Å². The summed E-state index contributed by atoms with van der Waals surface area (Å²) in [6.07, 6.45) is 0.444. The fourth-order valence-electron chi connectivity index (χ4n) is 1.92. The van der Waals surface area contributed by atoms with E-state index in [0.717, 1.165) is 11.1 Å². The number of hydrogen-bond donors (Lipinski definition) is 2. The Morgan fingerprint density at radius 2 is 1.89 bits per heavy atom. The zero-order chi connectivity index (χ0) is 14.6. The van der Waals surface area contributed by atoms with Gasteiger partial charge in [0.05, 0.1) is 0 Å². The minimum Gasteiger partial charge on any atom is -0.481 e. The zero-order valence-corrected chi connectivity index (χ0v) is 11.9. The van der Waals surface area contributed by atoms with Crippen LogP contribution in [0.2, 0.25) is 0 Å². The SMILES string of the molecule is Cc1ccc(C(=O)NC(C)(C)CCC(=O)O)c(C)c1. The summed E-state index contributed by atoms with van der Waals surface area (Å²) in [7, 11) is 0. The number of nitrogens with one attached hydrogen (secondary N) is 1. The summed E-state index contributed by atoms with van der Waals surface area (Å²) in [6.45, 7) is 7.53. The van der Waals surface area contributed by atoms with Gasteiger partial charge >= 0.3 is 5.97 Å². The van der Waals surface area contributed by atoms with Crippen molar-refractivity contribution < 1.29 is 14.7 Å². The summed E-state index contributed by atoms with van der Waals surface area (Å²) < 4.78 is 0. The van der Waals surface area contributed by atoms with Crippen molar-refractivity contribution >= 4 is 11.9 Å². The third kappa shape index (κ3) is 4.73. The number of rotatable bonds is 5. The van der Waals surface area contributed by atoms with E-state index in [1.807, 2.05) is 39.8 Å². The third-order valence-electron chi connectivity index (χ3n) is 3.04. The van der Waals surface area contributed by atoms with E-state index in [4.69, 9.17) is 5.11 Å². The van der Waals surface area contributed by atoms with Crippen molar-refractivity contribution in [3.8, 4) is 0 Å². The highest BCUT2D eigenvalue weighted by Crippen LogP contribution is 2.15. The van der Waals surface area contributed by atoms with Crippen LogP contribution in [0.25, 0.3) is 0 Å². The average molecular weight is 263 g/mol. The molecule has 4 nitrogen and oxygen atoms in total. The van der Waals surface area contributed by atoms with E-state index in [2.05, 4.69) is 5.32 Å². The minimum absolute atomic E-state index is 0.0418.